The normalized spacial score (nSPS) is 13.3. The summed E-state index contributed by atoms with van der Waals surface area (Å²) in [6.45, 7) is 0.858. The van der Waals surface area contributed by atoms with Crippen molar-refractivity contribution in [2.45, 2.75) is 32.4 Å². The summed E-state index contributed by atoms with van der Waals surface area (Å²) in [5, 5.41) is 0.711. The van der Waals surface area contributed by atoms with Gasteiger partial charge in [-0.2, -0.15) is 0 Å². The molecule has 1 aliphatic rings. The van der Waals surface area contributed by atoms with Crippen LogP contribution in [-0.2, 0) is 26.0 Å². The number of hydrogen-bond acceptors (Lipinski definition) is 3. The number of fused-ring (bicyclic) bond motifs is 1. The quantitative estimate of drug-likeness (QED) is 0.939. The van der Waals surface area contributed by atoms with E-state index in [0.29, 0.717) is 24.1 Å². The molecule has 1 aromatic heterocycles. The highest BCUT2D eigenvalue weighted by atomic mass is 35.5. The van der Waals surface area contributed by atoms with Gasteiger partial charge in [0.15, 0.2) is 0 Å². The topological polar surface area (TPSA) is 48.1 Å². The van der Waals surface area contributed by atoms with Gasteiger partial charge in [-0.3, -0.25) is 0 Å². The van der Waals surface area contributed by atoms with Gasteiger partial charge in [-0.1, -0.05) is 29.8 Å². The van der Waals surface area contributed by atoms with Crippen LogP contribution < -0.4 is 10.5 Å². The van der Waals surface area contributed by atoms with E-state index in [9.17, 15) is 0 Å². The number of nitrogens with two attached hydrogens (primary N) is 1. The lowest BCUT2D eigenvalue weighted by molar-refractivity contribution is 0.289. The summed E-state index contributed by atoms with van der Waals surface area (Å²) in [4.78, 5) is 4.62. The minimum Gasteiger partial charge on any atom is -0.472 e. The second kappa shape index (κ2) is 5.81. The van der Waals surface area contributed by atoms with Gasteiger partial charge >= 0.3 is 0 Å². The first-order valence-electron chi connectivity index (χ1n) is 6.86. The molecule has 2 N–H and O–H groups in total. The number of aryl methyl sites for hydroxylation is 2. The van der Waals surface area contributed by atoms with Crippen molar-refractivity contribution in [2.24, 2.45) is 5.73 Å². The van der Waals surface area contributed by atoms with Crippen LogP contribution in [0.5, 0.6) is 5.88 Å². The van der Waals surface area contributed by atoms with Crippen molar-refractivity contribution in [3.63, 3.8) is 0 Å². The number of rotatable bonds is 4. The number of aromatic nitrogens is 1. The van der Waals surface area contributed by atoms with Gasteiger partial charge in [-0.15, -0.1) is 0 Å². The molecule has 3 nitrogen and oxygen atoms in total. The predicted octanol–water partition coefficient (Wildman–Crippen LogP) is 3.26. The highest BCUT2D eigenvalue weighted by molar-refractivity contribution is 6.31. The molecule has 0 bridgehead atoms. The van der Waals surface area contributed by atoms with Gasteiger partial charge in [0.1, 0.15) is 6.61 Å². The molecule has 2 aromatic rings. The van der Waals surface area contributed by atoms with E-state index in [4.69, 9.17) is 22.1 Å². The van der Waals surface area contributed by atoms with Crippen LogP contribution in [0, 0.1) is 0 Å². The number of halogens is 1. The lowest BCUT2D eigenvalue weighted by Crippen LogP contribution is -2.07. The number of ether oxygens (including phenoxy) is 1. The van der Waals surface area contributed by atoms with Crippen LogP contribution in [0.25, 0.3) is 0 Å². The van der Waals surface area contributed by atoms with E-state index in [1.54, 1.807) is 0 Å². The van der Waals surface area contributed by atoms with Crippen molar-refractivity contribution in [3.8, 4) is 5.88 Å². The Bertz CT molecular complexity index is 628. The molecule has 0 saturated heterocycles. The summed E-state index contributed by atoms with van der Waals surface area (Å²) in [5.41, 5.74) is 10.2. The molecule has 4 heteroatoms. The Kier molecular flexibility index (Phi) is 3.90. The van der Waals surface area contributed by atoms with Crippen molar-refractivity contribution in [3.05, 3.63) is 57.7 Å². The van der Waals surface area contributed by atoms with Crippen LogP contribution in [0.4, 0.5) is 0 Å². The van der Waals surface area contributed by atoms with E-state index in [2.05, 4.69) is 11.1 Å². The molecule has 0 radical (unpaired) electrons. The van der Waals surface area contributed by atoms with E-state index in [-0.39, 0.29) is 0 Å². The van der Waals surface area contributed by atoms with E-state index >= 15 is 0 Å². The Hall–Kier alpha value is -1.58. The second-order valence-corrected chi connectivity index (χ2v) is 5.40. The number of nitrogens with zero attached hydrogens (tertiary/aromatic N) is 1. The number of hydrogen-bond donors (Lipinski definition) is 1. The molecule has 0 amide bonds. The molecule has 1 aliphatic carbocycles. The van der Waals surface area contributed by atoms with Crippen LogP contribution in [0.2, 0.25) is 5.02 Å². The summed E-state index contributed by atoms with van der Waals surface area (Å²) in [6, 6.07) is 9.81. The zero-order valence-electron chi connectivity index (χ0n) is 11.2. The maximum Gasteiger partial charge on any atom is 0.218 e. The predicted molar refractivity (Wildman–Crippen MR) is 79.9 cm³/mol. The maximum atomic E-state index is 6.13. The van der Waals surface area contributed by atoms with Crippen LogP contribution in [-0.4, -0.2) is 4.98 Å². The molecule has 0 atom stereocenters. The van der Waals surface area contributed by atoms with Crippen LogP contribution in [0.3, 0.4) is 0 Å². The summed E-state index contributed by atoms with van der Waals surface area (Å²) < 4.78 is 5.84. The first-order chi connectivity index (χ1) is 9.78. The Morgan fingerprint density at radius 1 is 1.20 bits per heavy atom. The highest BCUT2D eigenvalue weighted by Gasteiger charge is 2.16. The highest BCUT2D eigenvalue weighted by Crippen LogP contribution is 2.27. The van der Waals surface area contributed by atoms with Gasteiger partial charge < -0.3 is 10.5 Å². The first-order valence-corrected chi connectivity index (χ1v) is 7.23. The summed E-state index contributed by atoms with van der Waals surface area (Å²) in [6.07, 6.45) is 3.29. The molecule has 0 unspecified atom stereocenters. The number of pyridine rings is 1. The Balaban J connectivity index is 1.82. The van der Waals surface area contributed by atoms with E-state index in [1.165, 1.54) is 12.0 Å². The van der Waals surface area contributed by atoms with Crippen molar-refractivity contribution in [2.75, 3.05) is 0 Å². The van der Waals surface area contributed by atoms with Gasteiger partial charge in [0.05, 0.1) is 0 Å². The lowest BCUT2D eigenvalue weighted by Gasteiger charge is -2.12. The van der Waals surface area contributed by atoms with E-state index in [0.717, 1.165) is 29.7 Å². The van der Waals surface area contributed by atoms with Gasteiger partial charge in [0.25, 0.3) is 0 Å². The molecule has 0 saturated carbocycles. The van der Waals surface area contributed by atoms with Crippen molar-refractivity contribution < 1.29 is 4.74 Å². The first kappa shape index (κ1) is 13.4. The standard InChI is InChI=1S/C16H17ClN2O/c17-14-6-2-1-4-12(14)10-20-16-13(9-18)8-11-5-3-7-15(11)19-16/h1-2,4,6,8H,3,5,7,9-10,18H2. The summed E-state index contributed by atoms with van der Waals surface area (Å²) in [7, 11) is 0. The third-order valence-electron chi connectivity index (χ3n) is 3.63. The minimum atomic E-state index is 0.415. The molecule has 104 valence electrons. The van der Waals surface area contributed by atoms with Crippen LogP contribution >= 0.6 is 11.6 Å². The molecule has 20 heavy (non-hydrogen) atoms. The average molecular weight is 289 g/mol. The van der Waals surface area contributed by atoms with Gasteiger partial charge in [-0.05, 0) is 37.0 Å². The monoisotopic (exact) mass is 288 g/mol. The fourth-order valence-corrected chi connectivity index (χ4v) is 2.72. The maximum absolute atomic E-state index is 6.13. The molecule has 1 heterocycles. The summed E-state index contributed by atoms with van der Waals surface area (Å²) in [5.74, 6) is 0.646. The Morgan fingerprint density at radius 2 is 2.05 bits per heavy atom. The molecule has 0 fully saturated rings. The second-order valence-electron chi connectivity index (χ2n) is 5.00. The van der Waals surface area contributed by atoms with Gasteiger partial charge in [0.2, 0.25) is 5.88 Å². The van der Waals surface area contributed by atoms with E-state index in [1.807, 2.05) is 24.3 Å². The fourth-order valence-electron chi connectivity index (χ4n) is 2.53. The Morgan fingerprint density at radius 3 is 2.85 bits per heavy atom. The van der Waals surface area contributed by atoms with Crippen molar-refractivity contribution in [1.82, 2.24) is 4.98 Å². The third-order valence-corrected chi connectivity index (χ3v) is 4.00. The molecule has 3 rings (SSSR count). The molecular formula is C16H17ClN2O. The minimum absolute atomic E-state index is 0.415. The van der Waals surface area contributed by atoms with Crippen LogP contribution in [0.15, 0.2) is 30.3 Å². The van der Waals surface area contributed by atoms with Gasteiger partial charge in [-0.25, -0.2) is 4.98 Å². The largest absolute Gasteiger partial charge is 0.472 e. The van der Waals surface area contributed by atoms with Crippen LogP contribution in [0.1, 0.15) is 28.8 Å². The smallest absolute Gasteiger partial charge is 0.218 e. The SMILES string of the molecule is NCc1cc2c(nc1OCc1ccccc1Cl)CCC2. The zero-order valence-corrected chi connectivity index (χ0v) is 12.0. The van der Waals surface area contributed by atoms with E-state index < -0.39 is 0 Å². The lowest BCUT2D eigenvalue weighted by atomic mass is 10.1. The summed E-state index contributed by atoms with van der Waals surface area (Å²) >= 11 is 6.13. The fraction of sp³-hybridized carbons (Fsp3) is 0.312. The van der Waals surface area contributed by atoms with Gasteiger partial charge in [0, 0.05) is 28.4 Å². The molecular weight excluding hydrogens is 272 g/mol. The molecule has 0 aliphatic heterocycles. The Labute approximate surface area is 123 Å². The molecule has 1 aromatic carbocycles. The molecule has 0 spiro atoms. The third kappa shape index (κ3) is 2.65. The average Bonchev–Trinajstić information content (AvgIpc) is 2.92. The number of benzene rings is 1. The zero-order chi connectivity index (χ0) is 13.9. The van der Waals surface area contributed by atoms with Crippen molar-refractivity contribution in [1.29, 1.82) is 0 Å². The van der Waals surface area contributed by atoms with Crippen molar-refractivity contribution >= 4 is 11.6 Å².